The Kier molecular flexibility index (Phi) is 5.32. The number of ether oxygens (including phenoxy) is 2. The van der Waals surface area contributed by atoms with Crippen molar-refractivity contribution >= 4 is 25.5 Å². The van der Waals surface area contributed by atoms with Gasteiger partial charge >= 0.3 is 0 Å². The summed E-state index contributed by atoms with van der Waals surface area (Å²) in [5.74, 6) is 0.857. The number of hydrogen-bond donors (Lipinski definition) is 1. The Hall–Kier alpha value is -2.27. The van der Waals surface area contributed by atoms with Crippen LogP contribution in [0.5, 0.6) is 11.5 Å². The number of hydrogen-bond acceptors (Lipinski definition) is 7. The Morgan fingerprint density at radius 3 is 2.50 bits per heavy atom. The van der Waals surface area contributed by atoms with Gasteiger partial charge in [-0.3, -0.25) is 9.40 Å². The highest BCUT2D eigenvalue weighted by Gasteiger charge is 2.34. The summed E-state index contributed by atoms with van der Waals surface area (Å²) in [6, 6.07) is 4.42. The number of benzene rings is 1. The molecule has 0 spiro atoms. The lowest BCUT2D eigenvalue weighted by molar-refractivity contribution is 0.405. The minimum Gasteiger partial charge on any atom is -0.497 e. The number of nitrogens with one attached hydrogen (secondary N) is 1. The molecule has 0 bridgehead atoms. The molecule has 1 atom stereocenters. The van der Waals surface area contributed by atoms with Crippen LogP contribution >= 0.6 is 0 Å². The van der Waals surface area contributed by atoms with Gasteiger partial charge in [0.25, 0.3) is 10.0 Å². The molecule has 0 aliphatic carbocycles. The Bertz CT molecular complexity index is 1110. The Labute approximate surface area is 164 Å². The summed E-state index contributed by atoms with van der Waals surface area (Å²) in [4.78, 5) is 0.0293. The first-order chi connectivity index (χ1) is 13.1. The summed E-state index contributed by atoms with van der Waals surface area (Å²) in [7, 11) is -4.19. The average molecular weight is 430 g/mol. The van der Waals surface area contributed by atoms with E-state index in [2.05, 4.69) is 9.82 Å². The second-order valence-electron chi connectivity index (χ2n) is 6.67. The monoisotopic (exact) mass is 429 g/mol. The molecule has 1 aliphatic rings. The van der Waals surface area contributed by atoms with E-state index in [4.69, 9.17) is 9.47 Å². The van der Waals surface area contributed by atoms with Crippen LogP contribution in [0.3, 0.4) is 0 Å². The van der Waals surface area contributed by atoms with Gasteiger partial charge in [-0.25, -0.2) is 16.8 Å². The molecular weight excluding hydrogens is 406 g/mol. The lowest BCUT2D eigenvalue weighted by Gasteiger charge is -2.14. The molecule has 0 unspecified atom stereocenters. The summed E-state index contributed by atoms with van der Waals surface area (Å²) in [6.45, 7) is 3.21. The smallest absolute Gasteiger partial charge is 0.265 e. The molecule has 1 aromatic carbocycles. The molecule has 1 fully saturated rings. The fourth-order valence-electron chi connectivity index (χ4n) is 3.45. The molecule has 3 rings (SSSR count). The fourth-order valence-corrected chi connectivity index (χ4v) is 6.61. The molecule has 0 saturated carbocycles. The van der Waals surface area contributed by atoms with Gasteiger partial charge in [0.1, 0.15) is 16.4 Å². The van der Waals surface area contributed by atoms with Crippen molar-refractivity contribution in [2.45, 2.75) is 31.2 Å². The summed E-state index contributed by atoms with van der Waals surface area (Å²) in [6.07, 6.45) is 0.418. The van der Waals surface area contributed by atoms with Gasteiger partial charge in [-0.1, -0.05) is 0 Å². The van der Waals surface area contributed by atoms with Crippen molar-refractivity contribution in [2.75, 3.05) is 30.4 Å². The molecule has 0 amide bonds. The third kappa shape index (κ3) is 3.81. The Morgan fingerprint density at radius 1 is 1.21 bits per heavy atom. The van der Waals surface area contributed by atoms with E-state index in [1.54, 1.807) is 26.0 Å². The van der Waals surface area contributed by atoms with Crippen molar-refractivity contribution in [3.63, 3.8) is 0 Å². The number of aromatic nitrogens is 2. The minimum absolute atomic E-state index is 0.0293. The molecule has 11 heteroatoms. The third-order valence-corrected chi connectivity index (χ3v) is 8.10. The molecule has 1 saturated heterocycles. The summed E-state index contributed by atoms with van der Waals surface area (Å²) in [5, 5.41) is 4.32. The van der Waals surface area contributed by atoms with Gasteiger partial charge in [0.2, 0.25) is 0 Å². The van der Waals surface area contributed by atoms with Crippen LogP contribution in [0, 0.1) is 13.8 Å². The van der Waals surface area contributed by atoms with Crippen LogP contribution < -0.4 is 14.2 Å². The van der Waals surface area contributed by atoms with Crippen molar-refractivity contribution < 1.29 is 26.3 Å². The van der Waals surface area contributed by atoms with Crippen molar-refractivity contribution in [3.8, 4) is 11.5 Å². The van der Waals surface area contributed by atoms with Crippen LogP contribution in [0.15, 0.2) is 23.1 Å². The summed E-state index contributed by atoms with van der Waals surface area (Å²) in [5.41, 5.74) is 0.932. The fraction of sp³-hybridized carbons (Fsp3) is 0.471. The van der Waals surface area contributed by atoms with E-state index in [9.17, 15) is 16.8 Å². The van der Waals surface area contributed by atoms with Gasteiger partial charge in [0.05, 0.1) is 48.8 Å². The molecule has 0 radical (unpaired) electrons. The van der Waals surface area contributed by atoms with Crippen LogP contribution in [-0.2, 0) is 19.9 Å². The van der Waals surface area contributed by atoms with Crippen LogP contribution in [0.2, 0.25) is 0 Å². The number of anilines is 1. The molecule has 1 N–H and O–H groups in total. The Balaban J connectivity index is 2.00. The zero-order chi connectivity index (χ0) is 20.7. The molecule has 1 aliphatic heterocycles. The Morgan fingerprint density at radius 2 is 1.93 bits per heavy atom. The largest absolute Gasteiger partial charge is 0.497 e. The van der Waals surface area contributed by atoms with Gasteiger partial charge in [-0.05, 0) is 32.4 Å². The van der Waals surface area contributed by atoms with E-state index in [0.717, 1.165) is 0 Å². The molecule has 2 aromatic rings. The van der Waals surface area contributed by atoms with Crippen LogP contribution in [0.1, 0.15) is 23.9 Å². The van der Waals surface area contributed by atoms with E-state index in [-0.39, 0.29) is 28.1 Å². The molecule has 2 heterocycles. The van der Waals surface area contributed by atoms with Crippen LogP contribution in [-0.4, -0.2) is 52.3 Å². The number of aryl methyl sites for hydroxylation is 1. The van der Waals surface area contributed by atoms with Gasteiger partial charge in [-0.15, -0.1) is 0 Å². The number of nitrogens with zero attached hydrogens (tertiary/aromatic N) is 2. The quantitative estimate of drug-likeness (QED) is 0.742. The topological polar surface area (TPSA) is 117 Å². The first kappa shape index (κ1) is 20.5. The first-order valence-corrected chi connectivity index (χ1v) is 11.9. The maximum absolute atomic E-state index is 13.1. The van der Waals surface area contributed by atoms with E-state index < -0.39 is 19.9 Å². The maximum atomic E-state index is 13.1. The highest BCUT2D eigenvalue weighted by atomic mass is 32.2. The van der Waals surface area contributed by atoms with Crippen molar-refractivity contribution in [2.24, 2.45) is 0 Å². The van der Waals surface area contributed by atoms with E-state index in [1.165, 1.54) is 25.0 Å². The predicted octanol–water partition coefficient (Wildman–Crippen LogP) is 1.68. The normalized spacial score (nSPS) is 18.8. The third-order valence-electron chi connectivity index (χ3n) is 4.73. The second-order valence-corrected chi connectivity index (χ2v) is 10.5. The minimum atomic E-state index is -3.99. The van der Waals surface area contributed by atoms with Crippen LogP contribution in [0.4, 0.5) is 5.69 Å². The number of rotatable bonds is 6. The standard InChI is InChI=1S/C17H23N3O6S2/c1-11-17(12(2)20(18-11)13-7-8-27(21,22)10-13)28(23,24)19-15-9-14(25-3)5-6-16(15)26-4/h5-6,9,13,19H,7-8,10H2,1-4H3/t13-/m0/s1. The highest BCUT2D eigenvalue weighted by molar-refractivity contribution is 7.93. The second kappa shape index (κ2) is 7.28. The van der Waals surface area contributed by atoms with Gasteiger partial charge in [0.15, 0.2) is 9.84 Å². The first-order valence-electron chi connectivity index (χ1n) is 8.59. The maximum Gasteiger partial charge on any atom is 0.265 e. The zero-order valence-corrected chi connectivity index (χ0v) is 17.7. The molecule has 9 nitrogen and oxygen atoms in total. The van der Waals surface area contributed by atoms with E-state index in [1.807, 2.05) is 0 Å². The molecule has 1 aromatic heterocycles. The van der Waals surface area contributed by atoms with E-state index in [0.29, 0.717) is 29.3 Å². The SMILES string of the molecule is COc1ccc(OC)c(NS(=O)(=O)c2c(C)nn([C@H]3CCS(=O)(=O)C3)c2C)c1. The van der Waals surface area contributed by atoms with Crippen LogP contribution in [0.25, 0.3) is 0 Å². The molecular formula is C17H23N3O6S2. The number of sulfonamides is 1. The van der Waals surface area contributed by atoms with Crippen molar-refractivity contribution in [1.82, 2.24) is 9.78 Å². The molecule has 28 heavy (non-hydrogen) atoms. The lowest BCUT2D eigenvalue weighted by Crippen LogP contribution is -2.17. The number of methoxy groups -OCH3 is 2. The highest BCUT2D eigenvalue weighted by Crippen LogP contribution is 2.33. The van der Waals surface area contributed by atoms with Gasteiger partial charge in [-0.2, -0.15) is 5.10 Å². The lowest BCUT2D eigenvalue weighted by atomic mass is 10.2. The zero-order valence-electron chi connectivity index (χ0n) is 16.1. The van der Waals surface area contributed by atoms with Crippen molar-refractivity contribution in [1.29, 1.82) is 0 Å². The van der Waals surface area contributed by atoms with Crippen molar-refractivity contribution in [3.05, 3.63) is 29.6 Å². The van der Waals surface area contributed by atoms with Gasteiger partial charge in [0, 0.05) is 6.07 Å². The summed E-state index contributed by atoms with van der Waals surface area (Å²) >= 11 is 0. The predicted molar refractivity (Wildman–Crippen MR) is 104 cm³/mol. The number of sulfone groups is 1. The van der Waals surface area contributed by atoms with E-state index >= 15 is 0 Å². The van der Waals surface area contributed by atoms with Gasteiger partial charge < -0.3 is 9.47 Å². The average Bonchev–Trinajstić information content (AvgIpc) is 3.13. The summed E-state index contributed by atoms with van der Waals surface area (Å²) < 4.78 is 64.2. The molecule has 154 valence electrons.